The van der Waals surface area contributed by atoms with Crippen molar-refractivity contribution in [1.29, 1.82) is 0 Å². The van der Waals surface area contributed by atoms with Crippen molar-refractivity contribution in [3.8, 4) is 5.75 Å². The van der Waals surface area contributed by atoms with Gasteiger partial charge >= 0.3 is 0 Å². The molecule has 168 valence electrons. The number of methoxy groups -OCH3 is 1. The Morgan fingerprint density at radius 2 is 1.72 bits per heavy atom. The lowest BCUT2D eigenvalue weighted by Gasteiger charge is -2.20. The molecule has 6 nitrogen and oxygen atoms in total. The summed E-state index contributed by atoms with van der Waals surface area (Å²) >= 11 is 12.2. The van der Waals surface area contributed by atoms with Gasteiger partial charge in [0.25, 0.3) is 0 Å². The third-order valence-corrected chi connectivity index (χ3v) is 7.03. The molecule has 9 heteroatoms. The van der Waals surface area contributed by atoms with Crippen molar-refractivity contribution in [2.24, 2.45) is 0 Å². The maximum Gasteiger partial charge on any atom is 0.242 e. The Bertz CT molecular complexity index is 1220. The van der Waals surface area contributed by atoms with Gasteiger partial charge in [-0.2, -0.15) is 4.72 Å². The first-order valence-corrected chi connectivity index (χ1v) is 11.9. The number of halogens is 2. The first kappa shape index (κ1) is 24.1. The van der Waals surface area contributed by atoms with E-state index in [1.54, 1.807) is 25.1 Å². The second kappa shape index (κ2) is 10.4. The highest BCUT2D eigenvalue weighted by Crippen LogP contribution is 2.27. The van der Waals surface area contributed by atoms with Gasteiger partial charge in [-0.15, -0.1) is 0 Å². The summed E-state index contributed by atoms with van der Waals surface area (Å²) in [5, 5.41) is 3.42. The lowest BCUT2D eigenvalue weighted by Crippen LogP contribution is -2.45. The number of benzene rings is 3. The van der Waals surface area contributed by atoms with E-state index in [1.807, 2.05) is 30.3 Å². The molecule has 0 spiro atoms. The Morgan fingerprint density at radius 3 is 2.38 bits per heavy atom. The summed E-state index contributed by atoms with van der Waals surface area (Å²) in [5.41, 5.74) is 1.99. The van der Waals surface area contributed by atoms with Gasteiger partial charge in [-0.25, -0.2) is 8.42 Å². The van der Waals surface area contributed by atoms with Crippen molar-refractivity contribution in [3.63, 3.8) is 0 Å². The van der Waals surface area contributed by atoms with Crippen LogP contribution in [0.5, 0.6) is 5.75 Å². The number of carbonyl (C=O) groups excluding carboxylic acids is 1. The summed E-state index contributed by atoms with van der Waals surface area (Å²) < 4.78 is 33.7. The van der Waals surface area contributed by atoms with Crippen molar-refractivity contribution < 1.29 is 17.9 Å². The predicted octanol–water partition coefficient (Wildman–Crippen LogP) is 4.84. The lowest BCUT2D eigenvalue weighted by atomic mass is 10.1. The van der Waals surface area contributed by atoms with E-state index in [1.165, 1.54) is 25.3 Å². The van der Waals surface area contributed by atoms with Gasteiger partial charge in [0.15, 0.2) is 0 Å². The van der Waals surface area contributed by atoms with Crippen molar-refractivity contribution in [1.82, 2.24) is 4.72 Å². The molecule has 0 unspecified atom stereocenters. The average molecular weight is 493 g/mol. The minimum Gasteiger partial charge on any atom is -0.495 e. The monoisotopic (exact) mass is 492 g/mol. The second-order valence-corrected chi connectivity index (χ2v) is 9.59. The molecule has 0 bridgehead atoms. The Labute approximate surface area is 197 Å². The summed E-state index contributed by atoms with van der Waals surface area (Å²) in [4.78, 5) is 13.1. The number of rotatable bonds is 8. The Morgan fingerprint density at radius 1 is 1.00 bits per heavy atom. The standard InChI is InChI=1S/C23H22Cl2N2O4S/c1-15-18(24)9-6-10-20(15)26-23(28)21(13-16-7-4-3-5-8-16)27-32(29,30)17-11-12-22(31-2)19(25)14-17/h3-12,14,21,27H,13H2,1-2H3,(H,26,28)/t21-/m1/s1. The van der Waals surface area contributed by atoms with Crippen LogP contribution in [0.2, 0.25) is 10.0 Å². The number of hydrogen-bond acceptors (Lipinski definition) is 4. The summed E-state index contributed by atoms with van der Waals surface area (Å²) in [6, 6.07) is 17.3. The van der Waals surface area contributed by atoms with Crippen LogP contribution in [0.15, 0.2) is 71.6 Å². The molecule has 0 saturated carbocycles. The van der Waals surface area contributed by atoms with Crippen LogP contribution >= 0.6 is 23.2 Å². The zero-order chi connectivity index (χ0) is 23.3. The van der Waals surface area contributed by atoms with Gasteiger partial charge in [0.05, 0.1) is 17.0 Å². The van der Waals surface area contributed by atoms with Crippen LogP contribution in [0.25, 0.3) is 0 Å². The third-order valence-electron chi connectivity index (χ3n) is 4.86. The zero-order valence-corrected chi connectivity index (χ0v) is 19.8. The fraction of sp³-hybridized carbons (Fsp3) is 0.174. The topological polar surface area (TPSA) is 84.5 Å². The highest BCUT2D eigenvalue weighted by Gasteiger charge is 2.27. The minimum absolute atomic E-state index is 0.0758. The molecular weight excluding hydrogens is 471 g/mol. The third kappa shape index (κ3) is 5.81. The van der Waals surface area contributed by atoms with Gasteiger partial charge in [0.1, 0.15) is 11.8 Å². The van der Waals surface area contributed by atoms with Crippen molar-refractivity contribution in [2.45, 2.75) is 24.3 Å². The van der Waals surface area contributed by atoms with E-state index >= 15 is 0 Å². The highest BCUT2D eigenvalue weighted by molar-refractivity contribution is 7.89. The molecule has 0 aliphatic carbocycles. The largest absolute Gasteiger partial charge is 0.495 e. The number of carbonyl (C=O) groups is 1. The Balaban J connectivity index is 1.90. The van der Waals surface area contributed by atoms with E-state index in [9.17, 15) is 13.2 Å². The normalized spacial score (nSPS) is 12.2. The van der Waals surface area contributed by atoms with E-state index in [0.29, 0.717) is 22.0 Å². The lowest BCUT2D eigenvalue weighted by molar-refractivity contribution is -0.117. The summed E-state index contributed by atoms with van der Waals surface area (Å²) in [7, 11) is -2.62. The number of ether oxygens (including phenoxy) is 1. The molecular formula is C23H22Cl2N2O4S. The van der Waals surface area contributed by atoms with E-state index in [4.69, 9.17) is 27.9 Å². The number of nitrogens with one attached hydrogen (secondary N) is 2. The van der Waals surface area contributed by atoms with Crippen LogP contribution in [0.3, 0.4) is 0 Å². The zero-order valence-electron chi connectivity index (χ0n) is 17.4. The van der Waals surface area contributed by atoms with Crippen LogP contribution in [0.1, 0.15) is 11.1 Å². The smallest absolute Gasteiger partial charge is 0.242 e. The van der Waals surface area contributed by atoms with Crippen LogP contribution in [0.4, 0.5) is 5.69 Å². The Kier molecular flexibility index (Phi) is 7.79. The van der Waals surface area contributed by atoms with Crippen LogP contribution < -0.4 is 14.8 Å². The highest BCUT2D eigenvalue weighted by atomic mass is 35.5. The predicted molar refractivity (Wildman–Crippen MR) is 127 cm³/mol. The average Bonchev–Trinajstić information content (AvgIpc) is 2.77. The molecule has 3 aromatic carbocycles. The van der Waals surface area contributed by atoms with E-state index in [-0.39, 0.29) is 16.3 Å². The number of amides is 1. The molecule has 0 heterocycles. The minimum atomic E-state index is -4.06. The van der Waals surface area contributed by atoms with Crippen molar-refractivity contribution >= 4 is 44.8 Å². The molecule has 3 rings (SSSR count). The SMILES string of the molecule is COc1ccc(S(=O)(=O)N[C@H](Cc2ccccc2)C(=O)Nc2cccc(Cl)c2C)cc1Cl. The fourth-order valence-corrected chi connectivity index (χ4v) is 4.79. The van der Waals surface area contributed by atoms with E-state index in [2.05, 4.69) is 10.0 Å². The van der Waals surface area contributed by atoms with E-state index in [0.717, 1.165) is 5.56 Å². The molecule has 0 aromatic heterocycles. The maximum absolute atomic E-state index is 13.1. The van der Waals surface area contributed by atoms with Crippen molar-refractivity contribution in [2.75, 3.05) is 12.4 Å². The summed E-state index contributed by atoms with van der Waals surface area (Å²) in [5.74, 6) is -0.164. The summed E-state index contributed by atoms with van der Waals surface area (Å²) in [6.07, 6.45) is 0.148. The first-order valence-electron chi connectivity index (χ1n) is 9.67. The quantitative estimate of drug-likeness (QED) is 0.471. The first-order chi connectivity index (χ1) is 15.2. The van der Waals surface area contributed by atoms with Crippen LogP contribution in [-0.4, -0.2) is 27.5 Å². The van der Waals surface area contributed by atoms with E-state index < -0.39 is 22.0 Å². The van der Waals surface area contributed by atoms with Gasteiger partial charge in [0, 0.05) is 10.7 Å². The molecule has 3 aromatic rings. The number of hydrogen-bond donors (Lipinski definition) is 2. The Hall–Kier alpha value is -2.58. The van der Waals surface area contributed by atoms with Gasteiger partial charge < -0.3 is 10.1 Å². The molecule has 0 radical (unpaired) electrons. The molecule has 1 amide bonds. The van der Waals surface area contributed by atoms with Gasteiger partial charge in [-0.3, -0.25) is 4.79 Å². The molecule has 32 heavy (non-hydrogen) atoms. The number of anilines is 1. The van der Waals surface area contributed by atoms with Gasteiger partial charge in [0.2, 0.25) is 15.9 Å². The van der Waals surface area contributed by atoms with Crippen molar-refractivity contribution in [3.05, 3.63) is 87.9 Å². The second-order valence-electron chi connectivity index (χ2n) is 7.06. The molecule has 0 aliphatic heterocycles. The molecule has 0 saturated heterocycles. The molecule has 1 atom stereocenters. The van der Waals surface area contributed by atoms with Gasteiger partial charge in [-0.05, 0) is 54.8 Å². The van der Waals surface area contributed by atoms with Gasteiger partial charge in [-0.1, -0.05) is 59.6 Å². The molecule has 0 aliphatic rings. The summed E-state index contributed by atoms with van der Waals surface area (Å²) in [6.45, 7) is 1.77. The van der Waals surface area contributed by atoms with Crippen LogP contribution in [-0.2, 0) is 21.2 Å². The maximum atomic E-state index is 13.1. The number of sulfonamides is 1. The van der Waals surface area contributed by atoms with Crippen LogP contribution in [0, 0.1) is 6.92 Å². The molecule has 0 fully saturated rings. The fourth-order valence-electron chi connectivity index (χ4n) is 3.07. The molecule has 2 N–H and O–H groups in total.